The number of benzene rings is 2. The minimum Gasteiger partial charge on any atom is -0.483 e. The largest absolute Gasteiger partial charge is 0.483 e. The Labute approximate surface area is 180 Å². The van der Waals surface area contributed by atoms with Crippen LogP contribution in [0.3, 0.4) is 0 Å². The molecule has 2 aromatic carbocycles. The molecular weight excluding hydrogens is 396 g/mol. The quantitative estimate of drug-likeness (QED) is 0.334. The lowest BCUT2D eigenvalue weighted by Crippen LogP contribution is -2.24. The normalized spacial score (nSPS) is 10.8. The van der Waals surface area contributed by atoms with Gasteiger partial charge in [-0.1, -0.05) is 30.3 Å². The second-order valence-electron chi connectivity index (χ2n) is 6.80. The van der Waals surface area contributed by atoms with E-state index in [0.29, 0.717) is 29.4 Å². The fourth-order valence-corrected chi connectivity index (χ4v) is 2.93. The van der Waals surface area contributed by atoms with Gasteiger partial charge >= 0.3 is 5.97 Å². The van der Waals surface area contributed by atoms with E-state index in [-0.39, 0.29) is 18.5 Å². The number of carbonyl (C=O) groups is 2. The van der Waals surface area contributed by atoms with E-state index in [9.17, 15) is 9.59 Å². The molecule has 0 atom stereocenters. The molecule has 1 heterocycles. The lowest BCUT2D eigenvalue weighted by molar-refractivity contribution is -0.123. The molecule has 31 heavy (non-hydrogen) atoms. The molecule has 0 bridgehead atoms. The Balaban J connectivity index is 1.53. The summed E-state index contributed by atoms with van der Waals surface area (Å²) in [5, 5.41) is 3.90. The summed E-state index contributed by atoms with van der Waals surface area (Å²) in [6.07, 6.45) is 1.41. The van der Waals surface area contributed by atoms with Crippen molar-refractivity contribution >= 4 is 18.1 Å². The number of para-hydroxylation sites is 1. The molecule has 0 aliphatic carbocycles. The third-order valence-electron chi connectivity index (χ3n) is 4.44. The van der Waals surface area contributed by atoms with Gasteiger partial charge in [0.05, 0.1) is 18.4 Å². The zero-order valence-electron chi connectivity index (χ0n) is 17.7. The summed E-state index contributed by atoms with van der Waals surface area (Å²) in [5.74, 6) is 1.05. The van der Waals surface area contributed by atoms with Crippen LogP contribution in [0.4, 0.5) is 0 Å². The zero-order valence-corrected chi connectivity index (χ0v) is 17.7. The van der Waals surface area contributed by atoms with Crippen LogP contribution in [-0.4, -0.2) is 31.3 Å². The van der Waals surface area contributed by atoms with Gasteiger partial charge < -0.3 is 13.9 Å². The van der Waals surface area contributed by atoms with Crippen molar-refractivity contribution in [3.63, 3.8) is 0 Å². The number of amides is 1. The highest BCUT2D eigenvalue weighted by atomic mass is 16.5. The molecule has 1 amide bonds. The average molecular weight is 420 g/mol. The van der Waals surface area contributed by atoms with Crippen LogP contribution in [0.1, 0.15) is 34.2 Å². The van der Waals surface area contributed by atoms with Crippen molar-refractivity contribution in [2.45, 2.75) is 20.8 Å². The Kier molecular flexibility index (Phi) is 7.22. The minimum atomic E-state index is -0.375. The van der Waals surface area contributed by atoms with Crippen LogP contribution in [0.15, 0.2) is 64.1 Å². The Morgan fingerprint density at radius 3 is 2.42 bits per heavy atom. The molecular formula is C24H24N2O5. The molecule has 1 aromatic heterocycles. The van der Waals surface area contributed by atoms with E-state index >= 15 is 0 Å². The van der Waals surface area contributed by atoms with Gasteiger partial charge in [-0.15, -0.1) is 0 Å². The summed E-state index contributed by atoms with van der Waals surface area (Å²) in [6, 6.07) is 16.2. The van der Waals surface area contributed by atoms with Crippen molar-refractivity contribution in [2.24, 2.45) is 5.10 Å². The van der Waals surface area contributed by atoms with Crippen molar-refractivity contribution in [3.8, 4) is 17.1 Å². The van der Waals surface area contributed by atoms with Gasteiger partial charge in [0.1, 0.15) is 17.3 Å². The minimum absolute atomic E-state index is 0.140. The van der Waals surface area contributed by atoms with Crippen molar-refractivity contribution < 1.29 is 23.5 Å². The number of hydrazone groups is 1. The van der Waals surface area contributed by atoms with E-state index in [0.717, 1.165) is 16.7 Å². The molecule has 3 aromatic rings. The molecule has 0 fully saturated rings. The summed E-state index contributed by atoms with van der Waals surface area (Å²) in [5.41, 5.74) is 5.63. The Morgan fingerprint density at radius 1 is 1.03 bits per heavy atom. The number of carbonyl (C=O) groups excluding carboxylic acids is 2. The van der Waals surface area contributed by atoms with Crippen LogP contribution in [-0.2, 0) is 9.53 Å². The number of nitrogens with zero attached hydrogens (tertiary/aromatic N) is 1. The summed E-state index contributed by atoms with van der Waals surface area (Å²) < 4.78 is 16.3. The van der Waals surface area contributed by atoms with Gasteiger partial charge in [-0.3, -0.25) is 4.79 Å². The van der Waals surface area contributed by atoms with E-state index < -0.39 is 0 Å². The van der Waals surface area contributed by atoms with Crippen molar-refractivity contribution in [3.05, 3.63) is 77.0 Å². The maximum Gasteiger partial charge on any atom is 0.338 e. The first-order valence-corrected chi connectivity index (χ1v) is 9.86. The van der Waals surface area contributed by atoms with E-state index in [4.69, 9.17) is 13.9 Å². The summed E-state index contributed by atoms with van der Waals surface area (Å²) >= 11 is 0. The maximum absolute atomic E-state index is 12.0. The zero-order chi connectivity index (χ0) is 22.2. The average Bonchev–Trinajstić information content (AvgIpc) is 3.22. The summed E-state index contributed by atoms with van der Waals surface area (Å²) in [7, 11) is 0. The van der Waals surface area contributed by atoms with Gasteiger partial charge in [-0.05, 0) is 56.2 Å². The predicted octanol–water partition coefficient (Wildman–Crippen LogP) is 4.27. The molecule has 0 saturated carbocycles. The van der Waals surface area contributed by atoms with Gasteiger partial charge in [0.2, 0.25) is 0 Å². The number of rotatable bonds is 8. The molecule has 0 unspecified atom stereocenters. The van der Waals surface area contributed by atoms with Crippen LogP contribution < -0.4 is 10.2 Å². The highest BCUT2D eigenvalue weighted by Crippen LogP contribution is 2.23. The molecule has 0 aliphatic rings. The first kappa shape index (κ1) is 21.8. The van der Waals surface area contributed by atoms with Gasteiger partial charge in [-0.2, -0.15) is 5.10 Å². The van der Waals surface area contributed by atoms with Gasteiger partial charge in [-0.25, -0.2) is 10.2 Å². The molecule has 1 N–H and O–H groups in total. The van der Waals surface area contributed by atoms with Gasteiger partial charge in [0.25, 0.3) is 5.91 Å². The van der Waals surface area contributed by atoms with Crippen molar-refractivity contribution in [1.29, 1.82) is 0 Å². The molecule has 0 saturated heterocycles. The Hall–Kier alpha value is -3.87. The van der Waals surface area contributed by atoms with Gasteiger partial charge in [0.15, 0.2) is 6.61 Å². The van der Waals surface area contributed by atoms with Crippen LogP contribution in [0, 0.1) is 13.8 Å². The lowest BCUT2D eigenvalue weighted by atomic mass is 10.1. The topological polar surface area (TPSA) is 90.1 Å². The van der Waals surface area contributed by atoms with E-state index in [1.807, 2.05) is 32.0 Å². The molecule has 160 valence electrons. The number of aryl methyl sites for hydroxylation is 2. The monoisotopic (exact) mass is 420 g/mol. The number of hydrogen-bond donors (Lipinski definition) is 1. The lowest BCUT2D eigenvalue weighted by Gasteiger charge is -2.10. The fourth-order valence-electron chi connectivity index (χ4n) is 2.93. The third kappa shape index (κ3) is 5.82. The number of nitrogens with one attached hydrogen (secondary N) is 1. The van der Waals surface area contributed by atoms with E-state index in [1.165, 1.54) is 6.21 Å². The SMILES string of the molecule is CCOC(=O)c1ccc(-c2ccc(/C=N\NC(=O)COc3c(C)cccc3C)o2)cc1. The van der Waals surface area contributed by atoms with E-state index in [2.05, 4.69) is 10.5 Å². The van der Waals surface area contributed by atoms with Crippen molar-refractivity contribution in [2.75, 3.05) is 13.2 Å². The molecule has 3 rings (SSSR count). The Bertz CT molecular complexity index is 1060. The Morgan fingerprint density at radius 2 is 1.74 bits per heavy atom. The number of esters is 1. The standard InChI is InChI=1S/C24H24N2O5/c1-4-29-24(28)19-10-8-18(9-11-19)21-13-12-20(31-21)14-25-26-22(27)15-30-23-16(2)6-5-7-17(23)3/h5-14H,4,15H2,1-3H3,(H,26,27)/b25-14-. The third-order valence-corrected chi connectivity index (χ3v) is 4.44. The first-order chi connectivity index (χ1) is 15.0. The summed E-state index contributed by atoms with van der Waals surface area (Å²) in [6.45, 7) is 5.81. The maximum atomic E-state index is 12.0. The predicted molar refractivity (Wildman–Crippen MR) is 117 cm³/mol. The summed E-state index contributed by atoms with van der Waals surface area (Å²) in [4.78, 5) is 23.7. The van der Waals surface area contributed by atoms with Crippen LogP contribution in [0.2, 0.25) is 0 Å². The number of furan rings is 1. The van der Waals surface area contributed by atoms with E-state index in [1.54, 1.807) is 43.3 Å². The smallest absolute Gasteiger partial charge is 0.338 e. The molecule has 0 aliphatic heterocycles. The molecule has 7 heteroatoms. The van der Waals surface area contributed by atoms with Crippen LogP contribution >= 0.6 is 0 Å². The fraction of sp³-hybridized carbons (Fsp3) is 0.208. The van der Waals surface area contributed by atoms with Crippen LogP contribution in [0.25, 0.3) is 11.3 Å². The molecule has 0 radical (unpaired) electrons. The highest BCUT2D eigenvalue weighted by molar-refractivity contribution is 5.90. The van der Waals surface area contributed by atoms with Crippen LogP contribution in [0.5, 0.6) is 5.75 Å². The highest BCUT2D eigenvalue weighted by Gasteiger charge is 2.09. The number of ether oxygens (including phenoxy) is 2. The molecule has 0 spiro atoms. The molecule has 7 nitrogen and oxygen atoms in total. The van der Waals surface area contributed by atoms with Crippen molar-refractivity contribution in [1.82, 2.24) is 5.43 Å². The second-order valence-corrected chi connectivity index (χ2v) is 6.80. The number of hydrogen-bond acceptors (Lipinski definition) is 6. The second kappa shape index (κ2) is 10.2. The van der Waals surface area contributed by atoms with Gasteiger partial charge in [0, 0.05) is 5.56 Å². The first-order valence-electron chi connectivity index (χ1n) is 9.86.